The maximum atomic E-state index is 13.0. The predicted octanol–water partition coefficient (Wildman–Crippen LogP) is 2.91. The minimum Gasteiger partial charge on any atom is -0.488 e. The van der Waals surface area contributed by atoms with Gasteiger partial charge in [0.25, 0.3) is 0 Å². The molecule has 6 heteroatoms. The number of aliphatic hydroxyl groups is 1. The van der Waals surface area contributed by atoms with Crippen LogP contribution in [-0.2, 0) is 6.54 Å². The summed E-state index contributed by atoms with van der Waals surface area (Å²) in [6.45, 7) is 2.47. The van der Waals surface area contributed by atoms with Crippen molar-refractivity contribution in [1.29, 1.82) is 0 Å². The van der Waals surface area contributed by atoms with Crippen molar-refractivity contribution in [3.8, 4) is 5.75 Å². The molecule has 5 nitrogen and oxygen atoms in total. The van der Waals surface area contributed by atoms with Crippen molar-refractivity contribution in [3.63, 3.8) is 0 Å². The molecule has 2 aromatic rings. The topological polar surface area (TPSA) is 58.7 Å². The number of aliphatic hydroxyl groups excluding tert-OH is 1. The van der Waals surface area contributed by atoms with Gasteiger partial charge < -0.3 is 14.4 Å². The van der Waals surface area contributed by atoms with Gasteiger partial charge in [0.05, 0.1) is 5.69 Å². The zero-order valence-electron chi connectivity index (χ0n) is 14.0. The molecule has 1 N–H and O–H groups in total. The van der Waals surface area contributed by atoms with E-state index in [1.165, 1.54) is 12.1 Å². The minimum absolute atomic E-state index is 0.0128. The monoisotopic (exact) mass is 334 g/mol. The Morgan fingerprint density at radius 2 is 2.08 bits per heavy atom. The van der Waals surface area contributed by atoms with Crippen LogP contribution in [0, 0.1) is 12.7 Å². The van der Waals surface area contributed by atoms with Crippen LogP contribution in [0.15, 0.2) is 34.9 Å². The van der Waals surface area contributed by atoms with Crippen molar-refractivity contribution in [1.82, 2.24) is 10.1 Å². The molecule has 1 saturated carbocycles. The summed E-state index contributed by atoms with van der Waals surface area (Å²) in [7, 11) is 1.97. The highest BCUT2D eigenvalue weighted by atomic mass is 19.1. The lowest BCUT2D eigenvalue weighted by Crippen LogP contribution is -2.51. The molecule has 1 aliphatic rings. The molecule has 0 amide bonds. The molecule has 1 aliphatic carbocycles. The van der Waals surface area contributed by atoms with Gasteiger partial charge in [0, 0.05) is 18.7 Å². The number of ether oxygens (including phenoxy) is 1. The van der Waals surface area contributed by atoms with Crippen molar-refractivity contribution >= 4 is 0 Å². The number of hydrogen-bond donors (Lipinski definition) is 1. The first-order valence-corrected chi connectivity index (χ1v) is 8.25. The minimum atomic E-state index is -0.609. The molecular weight excluding hydrogens is 311 g/mol. The summed E-state index contributed by atoms with van der Waals surface area (Å²) in [6.07, 6.45) is 1.75. The van der Waals surface area contributed by atoms with Gasteiger partial charge in [-0.3, -0.25) is 4.90 Å². The van der Waals surface area contributed by atoms with E-state index in [9.17, 15) is 9.50 Å². The Hall–Kier alpha value is -1.92. The molecule has 1 aromatic heterocycles. The summed E-state index contributed by atoms with van der Waals surface area (Å²) >= 11 is 0. The van der Waals surface area contributed by atoms with Gasteiger partial charge in [-0.05, 0) is 57.5 Å². The van der Waals surface area contributed by atoms with E-state index in [1.807, 2.05) is 20.0 Å². The molecule has 0 spiro atoms. The first-order chi connectivity index (χ1) is 11.5. The number of likely N-dealkylation sites (N-methyl/N-ethyl adjacent to an activating group) is 1. The fraction of sp³-hybridized carbons (Fsp3) is 0.500. The van der Waals surface area contributed by atoms with E-state index in [4.69, 9.17) is 9.26 Å². The van der Waals surface area contributed by atoms with Crippen molar-refractivity contribution in [2.45, 2.75) is 51.0 Å². The second-order valence-corrected chi connectivity index (χ2v) is 6.44. The highest BCUT2D eigenvalue weighted by molar-refractivity contribution is 5.22. The van der Waals surface area contributed by atoms with Gasteiger partial charge in [-0.15, -0.1) is 0 Å². The molecule has 0 aliphatic heterocycles. The third kappa shape index (κ3) is 3.94. The van der Waals surface area contributed by atoms with E-state index in [-0.39, 0.29) is 18.0 Å². The Morgan fingerprint density at radius 1 is 1.33 bits per heavy atom. The zero-order valence-corrected chi connectivity index (χ0v) is 14.0. The van der Waals surface area contributed by atoms with Crippen LogP contribution in [0.4, 0.5) is 4.39 Å². The molecule has 0 unspecified atom stereocenters. The summed E-state index contributed by atoms with van der Waals surface area (Å²) in [5.74, 6) is 1.06. The zero-order chi connectivity index (χ0) is 17.1. The van der Waals surface area contributed by atoms with Gasteiger partial charge in [-0.25, -0.2) is 4.39 Å². The molecule has 0 bridgehead atoms. The molecule has 0 saturated heterocycles. The number of halogens is 1. The Morgan fingerprint density at radius 3 is 2.75 bits per heavy atom. The van der Waals surface area contributed by atoms with Gasteiger partial charge in [-0.1, -0.05) is 5.16 Å². The van der Waals surface area contributed by atoms with Crippen LogP contribution in [0.25, 0.3) is 0 Å². The van der Waals surface area contributed by atoms with E-state index in [0.29, 0.717) is 12.3 Å². The average molecular weight is 334 g/mol. The summed E-state index contributed by atoms with van der Waals surface area (Å²) in [6, 6.07) is 7.79. The Bertz CT molecular complexity index is 659. The van der Waals surface area contributed by atoms with Crippen LogP contribution >= 0.6 is 0 Å². The van der Waals surface area contributed by atoms with E-state index in [2.05, 4.69) is 10.1 Å². The van der Waals surface area contributed by atoms with Crippen LogP contribution in [-0.4, -0.2) is 40.5 Å². The second kappa shape index (κ2) is 7.32. The largest absolute Gasteiger partial charge is 0.488 e. The molecule has 1 heterocycles. The highest BCUT2D eigenvalue weighted by Gasteiger charge is 2.35. The Balaban J connectivity index is 1.63. The lowest BCUT2D eigenvalue weighted by Gasteiger charge is -2.39. The number of benzene rings is 1. The van der Waals surface area contributed by atoms with Gasteiger partial charge in [0.15, 0.2) is 0 Å². The van der Waals surface area contributed by atoms with Gasteiger partial charge in [-0.2, -0.15) is 0 Å². The third-order valence-electron chi connectivity index (χ3n) is 4.52. The van der Waals surface area contributed by atoms with E-state index >= 15 is 0 Å². The SMILES string of the molecule is Cc1cc(CN(C)[C@H]2CCC[C@@H](Oc3ccc(F)cc3)[C@@H]2O)no1. The van der Waals surface area contributed by atoms with Crippen molar-refractivity contribution in [2.75, 3.05) is 7.05 Å². The van der Waals surface area contributed by atoms with E-state index in [0.717, 1.165) is 30.7 Å². The fourth-order valence-corrected chi connectivity index (χ4v) is 3.28. The average Bonchev–Trinajstić information content (AvgIpc) is 2.96. The van der Waals surface area contributed by atoms with Crippen molar-refractivity contribution < 1.29 is 18.8 Å². The summed E-state index contributed by atoms with van der Waals surface area (Å²) in [5, 5.41) is 14.7. The molecule has 1 fully saturated rings. The summed E-state index contributed by atoms with van der Waals surface area (Å²) < 4.78 is 24.0. The molecule has 130 valence electrons. The highest BCUT2D eigenvalue weighted by Crippen LogP contribution is 2.27. The molecule has 3 atom stereocenters. The third-order valence-corrected chi connectivity index (χ3v) is 4.52. The standard InChI is InChI=1S/C18H23FN2O3/c1-12-10-14(20-24-12)11-21(2)16-4-3-5-17(18(16)22)23-15-8-6-13(19)7-9-15/h6-10,16-18,22H,3-5,11H2,1-2H3/t16-,17+,18+/m0/s1. The first-order valence-electron chi connectivity index (χ1n) is 8.25. The smallest absolute Gasteiger partial charge is 0.133 e. The second-order valence-electron chi connectivity index (χ2n) is 6.44. The van der Waals surface area contributed by atoms with Crippen LogP contribution in [0.5, 0.6) is 5.75 Å². The lowest BCUT2D eigenvalue weighted by molar-refractivity contribution is -0.0495. The predicted molar refractivity (Wildman–Crippen MR) is 87.2 cm³/mol. The molecule has 24 heavy (non-hydrogen) atoms. The van der Waals surface area contributed by atoms with Crippen LogP contribution in [0.3, 0.4) is 0 Å². The first kappa shape index (κ1) is 16.9. The van der Waals surface area contributed by atoms with E-state index in [1.54, 1.807) is 12.1 Å². The number of aromatic nitrogens is 1. The van der Waals surface area contributed by atoms with Crippen LogP contribution in [0.2, 0.25) is 0 Å². The van der Waals surface area contributed by atoms with Crippen molar-refractivity contribution in [2.24, 2.45) is 0 Å². The van der Waals surface area contributed by atoms with Crippen LogP contribution < -0.4 is 4.74 Å². The normalized spacial score (nSPS) is 24.3. The molecule has 0 radical (unpaired) electrons. The summed E-state index contributed by atoms with van der Waals surface area (Å²) in [4.78, 5) is 2.09. The number of rotatable bonds is 5. The maximum Gasteiger partial charge on any atom is 0.133 e. The van der Waals surface area contributed by atoms with E-state index < -0.39 is 6.10 Å². The maximum absolute atomic E-state index is 13.0. The lowest BCUT2D eigenvalue weighted by atomic mass is 9.89. The van der Waals surface area contributed by atoms with Gasteiger partial charge >= 0.3 is 0 Å². The number of aryl methyl sites for hydroxylation is 1. The number of nitrogens with zero attached hydrogens (tertiary/aromatic N) is 2. The Labute approximate surface area is 141 Å². The molecule has 1 aromatic carbocycles. The number of hydrogen-bond acceptors (Lipinski definition) is 5. The van der Waals surface area contributed by atoms with Gasteiger partial charge in [0.2, 0.25) is 0 Å². The van der Waals surface area contributed by atoms with Crippen LogP contribution in [0.1, 0.15) is 30.7 Å². The van der Waals surface area contributed by atoms with Crippen molar-refractivity contribution in [3.05, 3.63) is 47.6 Å². The molecule has 3 rings (SSSR count). The fourth-order valence-electron chi connectivity index (χ4n) is 3.28. The van der Waals surface area contributed by atoms with Gasteiger partial charge in [0.1, 0.15) is 29.5 Å². The quantitative estimate of drug-likeness (QED) is 0.911. The Kier molecular flexibility index (Phi) is 5.16. The molecular formula is C18H23FN2O3. The summed E-state index contributed by atoms with van der Waals surface area (Å²) in [5.41, 5.74) is 0.851.